The molecule has 2 fully saturated rings. The van der Waals surface area contributed by atoms with Gasteiger partial charge in [-0.3, -0.25) is 0 Å². The van der Waals surface area contributed by atoms with E-state index in [2.05, 4.69) is 37.3 Å². The van der Waals surface area contributed by atoms with Crippen molar-refractivity contribution in [3.63, 3.8) is 0 Å². The fourth-order valence-electron chi connectivity index (χ4n) is 14.5. The van der Waals surface area contributed by atoms with E-state index >= 15 is 0 Å². The number of hydrogen-bond acceptors (Lipinski definition) is 0. The van der Waals surface area contributed by atoms with Gasteiger partial charge in [0, 0.05) is 98.6 Å². The van der Waals surface area contributed by atoms with E-state index in [1.54, 1.807) is 35.2 Å². The second-order valence-corrected chi connectivity index (χ2v) is 28.7. The van der Waals surface area contributed by atoms with Crippen LogP contribution < -0.4 is 18.3 Å². The van der Waals surface area contributed by atoms with Crippen molar-refractivity contribution >= 4 is 0 Å². The summed E-state index contributed by atoms with van der Waals surface area (Å²) in [7, 11) is 7.55. The van der Waals surface area contributed by atoms with Crippen molar-refractivity contribution in [1.29, 1.82) is 0 Å². The summed E-state index contributed by atoms with van der Waals surface area (Å²) in [5.74, 6) is -2.11. The maximum Gasteiger partial charge on any atom is 0.212 e. The second-order valence-electron chi connectivity index (χ2n) is 28.7. The Balaban J connectivity index is 0.000000162. The third kappa shape index (κ3) is 18.5. The van der Waals surface area contributed by atoms with Crippen molar-refractivity contribution < 1.29 is 47.1 Å². The molecule has 0 saturated heterocycles. The zero-order valence-corrected chi connectivity index (χ0v) is 62.8. The molecular formula is C100H116N4+4. The van der Waals surface area contributed by atoms with Gasteiger partial charge in [-0.05, 0) is 254 Å². The summed E-state index contributed by atoms with van der Waals surface area (Å²) in [6.45, 7) is 3.96. The van der Waals surface area contributed by atoms with E-state index in [4.69, 9.17) is 27.4 Å². The fourth-order valence-corrected chi connectivity index (χ4v) is 14.5. The van der Waals surface area contributed by atoms with Crippen molar-refractivity contribution in [3.8, 4) is 89.5 Å². The number of aromatic nitrogens is 4. The average Bonchev–Trinajstić information content (AvgIpc) is 1.50. The summed E-state index contributed by atoms with van der Waals surface area (Å²) in [5, 5.41) is 0. The van der Waals surface area contributed by atoms with Gasteiger partial charge in [0.2, 0.25) is 22.8 Å². The van der Waals surface area contributed by atoms with E-state index in [0.717, 1.165) is 127 Å². The summed E-state index contributed by atoms with van der Waals surface area (Å²) in [4.78, 5) is 0. The highest BCUT2D eigenvalue weighted by molar-refractivity contribution is 5.79. The molecule has 4 aromatic heterocycles. The molecule has 14 rings (SSSR count). The number of benzene rings is 8. The predicted molar refractivity (Wildman–Crippen MR) is 441 cm³/mol. The largest absolute Gasteiger partial charge is 0.212 e. The molecular weight excluding hydrogens is 1260 g/mol. The van der Waals surface area contributed by atoms with Gasteiger partial charge in [-0.15, -0.1) is 0 Å². The van der Waals surface area contributed by atoms with Crippen LogP contribution in [0.15, 0.2) is 237 Å². The minimum atomic E-state index is -2.33. The number of pyridine rings is 4. The summed E-state index contributed by atoms with van der Waals surface area (Å²) in [6.07, 6.45) is 11.7. The van der Waals surface area contributed by atoms with Crippen molar-refractivity contribution in [3.05, 3.63) is 309 Å². The van der Waals surface area contributed by atoms with Crippen LogP contribution >= 0.6 is 0 Å². The van der Waals surface area contributed by atoms with Gasteiger partial charge in [0.25, 0.3) is 0 Å². The summed E-state index contributed by atoms with van der Waals surface area (Å²) < 4.78 is 181. The van der Waals surface area contributed by atoms with Crippen LogP contribution in [0.1, 0.15) is 198 Å². The van der Waals surface area contributed by atoms with Gasteiger partial charge in [0.15, 0.2) is 24.8 Å². The highest BCUT2D eigenvalue weighted by Crippen LogP contribution is 2.41. The normalized spacial score (nSPS) is 17.5. The molecule has 12 aromatic rings. The maximum absolute atomic E-state index is 9.22. The monoisotopic (exact) mass is 1390 g/mol. The van der Waals surface area contributed by atoms with Crippen molar-refractivity contribution in [2.24, 2.45) is 40.0 Å². The van der Waals surface area contributed by atoms with Gasteiger partial charge in [0.05, 0.1) is 0 Å². The molecule has 4 heteroatoms. The molecule has 2 aliphatic carbocycles. The number of rotatable bonds is 14. The topological polar surface area (TPSA) is 15.5 Å². The molecule has 4 nitrogen and oxygen atoms in total. The first-order valence-electron chi connectivity index (χ1n) is 47.2. The standard InChI is InChI=1S/C27H32N.C25H28N.2C24H28N/c1-19-15-20(2)26(16-24(19)22-11-7-5-8-12-22)27-17-25(21(3)18-28(27)4)23-13-9-6-10-14-23;1-18-13-14-22(20-9-5-4-6-10-20)15-24(18)25-16-23(19(2)17-26(25)3)21-11-7-8-12-21;2*1-17(2)13-20-11-12-25(5)24(15-20)23-16-22(18(3)14-19(23)4)21-9-7-6-8-10-21/h5,7-8,11-12,15-18,23H,6,9-10,13-14H2,1-4H3;4-6,9-10,13-17,21H,7-8,11-12H2,1-3H3;2*6-12,14-17H,13H2,1-5H3/q4*+1/i1D3,3D3,23D;2D3,21D;2*3D3,13D2. The van der Waals surface area contributed by atoms with Crippen LogP contribution in [0.5, 0.6) is 0 Å². The van der Waals surface area contributed by atoms with Gasteiger partial charge in [0.1, 0.15) is 28.2 Å². The van der Waals surface area contributed by atoms with Crippen LogP contribution in [-0.2, 0) is 40.9 Å². The minimum Gasteiger partial charge on any atom is -0.201 e. The molecule has 0 amide bonds. The van der Waals surface area contributed by atoms with E-state index in [9.17, 15) is 1.37 Å². The molecule has 2 aliphatic rings. The molecule has 0 N–H and O–H groups in total. The van der Waals surface area contributed by atoms with E-state index in [1.807, 2.05) is 267 Å². The molecule has 0 aliphatic heterocycles. The Bertz CT molecular complexity index is 5650. The molecule has 4 heterocycles. The number of nitrogens with zero attached hydrogens (tertiary/aromatic N) is 4. The molecule has 0 bridgehead atoms. The highest BCUT2D eigenvalue weighted by atomic mass is 14.9. The lowest BCUT2D eigenvalue weighted by molar-refractivity contribution is -0.661. The SMILES string of the molecule is [2H]C([2H])([2H])c1c[n+](C)c(-c2cc(-c3ccccc3)ccc2C)cc1C1([2H])CCCC1.[2H]C([2H])([2H])c1cc(C)c(-c2cc(C([2H])([2H])C(C)C)cc[n+]2C)cc1-c1ccccc1.[2H]C([2H])([2H])c1cc(C)c(-c2cc(C([2H])([2H])C(C)C)cc[n+]2C)cc1-c1ccccc1.[2H]C([2H])([2H])c1cc(C)c(-c2cc(C3([2H])CCCCC3)c(C([2H])([2H])[2H])c[n+]2C)cc1-c1ccccc1. The highest BCUT2D eigenvalue weighted by Gasteiger charge is 2.27. The molecule has 0 atom stereocenters. The smallest absolute Gasteiger partial charge is 0.201 e. The van der Waals surface area contributed by atoms with Gasteiger partial charge < -0.3 is 0 Å². The Morgan fingerprint density at radius 3 is 0.990 bits per heavy atom. The average molecular weight is 1400 g/mol. The Hall–Kier alpha value is -9.64. The maximum atomic E-state index is 9.22. The van der Waals surface area contributed by atoms with Crippen LogP contribution in [0.3, 0.4) is 0 Å². The fraction of sp³-hybridized carbons (Fsp3) is 0.320. The van der Waals surface area contributed by atoms with E-state index in [0.29, 0.717) is 81.3 Å². The van der Waals surface area contributed by atoms with Crippen molar-refractivity contribution in [2.45, 2.75) is 172 Å². The van der Waals surface area contributed by atoms with E-state index < -0.39 is 58.8 Å². The van der Waals surface area contributed by atoms with Gasteiger partial charge >= 0.3 is 0 Å². The number of hydrogen-bond donors (Lipinski definition) is 0. The second kappa shape index (κ2) is 34.8. The van der Waals surface area contributed by atoms with Crippen molar-refractivity contribution in [2.75, 3.05) is 0 Å². The van der Waals surface area contributed by atoms with Gasteiger partial charge in [-0.1, -0.05) is 211 Å². The van der Waals surface area contributed by atoms with Crippen LogP contribution in [0.4, 0.5) is 0 Å². The Morgan fingerprint density at radius 2 is 0.644 bits per heavy atom. The first-order chi connectivity index (χ1) is 58.3. The Kier molecular flexibility index (Phi) is 17.5. The minimum absolute atomic E-state index is 0.169. The molecule has 2 saturated carbocycles. The van der Waals surface area contributed by atoms with Crippen molar-refractivity contribution in [1.82, 2.24) is 0 Å². The first-order valence-corrected chi connectivity index (χ1v) is 36.7. The lowest BCUT2D eigenvalue weighted by Crippen LogP contribution is -2.32. The Labute approximate surface area is 655 Å². The predicted octanol–water partition coefficient (Wildman–Crippen LogP) is 24.3. The lowest BCUT2D eigenvalue weighted by atomic mass is 9.82. The zero-order valence-electron chi connectivity index (χ0n) is 83.8. The third-order valence-electron chi connectivity index (χ3n) is 20.0. The molecule has 104 heavy (non-hydrogen) atoms. The zero-order chi connectivity index (χ0) is 91.6. The van der Waals surface area contributed by atoms with Crippen LogP contribution in [-0.4, -0.2) is 0 Å². The molecule has 0 unspecified atom stereocenters. The third-order valence-corrected chi connectivity index (χ3v) is 20.0. The molecule has 8 aromatic carbocycles. The quantitative estimate of drug-likeness (QED) is 0.0965. The van der Waals surface area contributed by atoms with E-state index in [1.165, 1.54) is 0 Å². The van der Waals surface area contributed by atoms with Crippen LogP contribution in [0.25, 0.3) is 89.5 Å². The molecule has 0 radical (unpaired) electrons. The number of aryl methyl sites for hydroxylation is 13. The van der Waals surface area contributed by atoms with Crippen LogP contribution in [0.2, 0.25) is 0 Å². The first kappa shape index (κ1) is 52.3. The molecule has 532 valence electrons. The Morgan fingerprint density at radius 1 is 0.317 bits per heavy atom. The molecule has 0 spiro atoms. The lowest BCUT2D eigenvalue weighted by Gasteiger charge is -2.23. The van der Waals surface area contributed by atoms with Gasteiger partial charge in [-0.2, -0.15) is 0 Å². The summed E-state index contributed by atoms with van der Waals surface area (Å²) >= 11 is 0. The van der Waals surface area contributed by atoms with E-state index in [-0.39, 0.29) is 23.0 Å². The van der Waals surface area contributed by atoms with Gasteiger partial charge in [-0.25, -0.2) is 18.3 Å². The van der Waals surface area contributed by atoms with Crippen LogP contribution in [0, 0.1) is 73.8 Å². The summed E-state index contributed by atoms with van der Waals surface area (Å²) in [5.41, 5.74) is 21.4. The summed E-state index contributed by atoms with van der Waals surface area (Å²) in [6, 6.07) is 67.4.